The summed E-state index contributed by atoms with van der Waals surface area (Å²) in [6.07, 6.45) is 4.06. The number of rotatable bonds is 6. The van der Waals surface area contributed by atoms with Gasteiger partial charge < -0.3 is 10.2 Å². The van der Waals surface area contributed by atoms with Crippen LogP contribution in [0.5, 0.6) is 0 Å². The molecule has 3 aromatic carbocycles. The molecule has 1 aliphatic rings. The fourth-order valence-electron chi connectivity index (χ4n) is 4.81. The molecule has 0 bridgehead atoms. The Morgan fingerprint density at radius 2 is 1.73 bits per heavy atom. The van der Waals surface area contributed by atoms with Crippen LogP contribution in [0.15, 0.2) is 77.9 Å². The van der Waals surface area contributed by atoms with Gasteiger partial charge in [-0.1, -0.05) is 35.9 Å². The number of nitrogens with zero attached hydrogens (tertiary/aromatic N) is 3. The van der Waals surface area contributed by atoms with Gasteiger partial charge in [0.2, 0.25) is 0 Å². The predicted molar refractivity (Wildman–Crippen MR) is 151 cm³/mol. The third kappa shape index (κ3) is 4.90. The summed E-state index contributed by atoms with van der Waals surface area (Å²) in [4.78, 5) is 33.9. The molecule has 5 aromatic rings. The smallest absolute Gasteiger partial charge is 0.275 e. The van der Waals surface area contributed by atoms with E-state index in [2.05, 4.69) is 15.2 Å². The van der Waals surface area contributed by atoms with Gasteiger partial charge in [0.1, 0.15) is 11.0 Å². The SMILES string of the molecule is O=C(NCCN1CCCC1)c1ccc2cc(-n3cnc4cc(-c5ccc(Cl)cc5)sc4c3=O)ccc2c1. The summed E-state index contributed by atoms with van der Waals surface area (Å²) >= 11 is 7.44. The van der Waals surface area contributed by atoms with Gasteiger partial charge in [-0.15, -0.1) is 11.3 Å². The molecule has 2 aromatic heterocycles. The van der Waals surface area contributed by atoms with E-state index in [4.69, 9.17) is 11.6 Å². The highest BCUT2D eigenvalue weighted by molar-refractivity contribution is 7.22. The topological polar surface area (TPSA) is 67.2 Å². The molecule has 1 aliphatic heterocycles. The summed E-state index contributed by atoms with van der Waals surface area (Å²) in [7, 11) is 0. The summed E-state index contributed by atoms with van der Waals surface area (Å²) in [5.41, 5.74) is 2.94. The Morgan fingerprint density at radius 1 is 0.973 bits per heavy atom. The van der Waals surface area contributed by atoms with Crippen LogP contribution in [0.25, 0.3) is 37.1 Å². The maximum Gasteiger partial charge on any atom is 0.275 e. The first-order valence-corrected chi connectivity index (χ1v) is 13.6. The largest absolute Gasteiger partial charge is 0.351 e. The van der Waals surface area contributed by atoms with E-state index in [9.17, 15) is 9.59 Å². The molecule has 0 radical (unpaired) electrons. The number of carbonyl (C=O) groups excluding carboxylic acids is 1. The van der Waals surface area contributed by atoms with Crippen molar-refractivity contribution in [1.82, 2.24) is 19.8 Å². The predicted octanol–water partition coefficient (Wildman–Crippen LogP) is 5.75. The van der Waals surface area contributed by atoms with Gasteiger partial charge in [0.25, 0.3) is 11.5 Å². The number of likely N-dealkylation sites (tertiary alicyclic amines) is 1. The van der Waals surface area contributed by atoms with Gasteiger partial charge in [-0.05, 0) is 84.7 Å². The van der Waals surface area contributed by atoms with E-state index in [0.717, 1.165) is 46.5 Å². The minimum Gasteiger partial charge on any atom is -0.351 e. The molecule has 0 spiro atoms. The molecule has 8 heteroatoms. The van der Waals surface area contributed by atoms with Crippen molar-refractivity contribution in [3.63, 3.8) is 0 Å². The summed E-state index contributed by atoms with van der Waals surface area (Å²) in [5, 5.41) is 5.60. The van der Waals surface area contributed by atoms with Crippen molar-refractivity contribution in [2.24, 2.45) is 0 Å². The van der Waals surface area contributed by atoms with Crippen LogP contribution in [0, 0.1) is 0 Å². The number of carbonyl (C=O) groups is 1. The molecule has 186 valence electrons. The lowest BCUT2D eigenvalue weighted by atomic mass is 10.1. The molecular formula is C29H25ClN4O2S. The maximum atomic E-state index is 13.4. The average molecular weight is 529 g/mol. The zero-order chi connectivity index (χ0) is 25.4. The van der Waals surface area contributed by atoms with Crippen LogP contribution < -0.4 is 10.9 Å². The van der Waals surface area contributed by atoms with Gasteiger partial charge >= 0.3 is 0 Å². The molecule has 37 heavy (non-hydrogen) atoms. The number of fused-ring (bicyclic) bond motifs is 2. The molecule has 1 fully saturated rings. The fraction of sp³-hybridized carbons (Fsp3) is 0.207. The van der Waals surface area contributed by atoms with Gasteiger partial charge in [0, 0.05) is 28.6 Å². The van der Waals surface area contributed by atoms with E-state index < -0.39 is 0 Å². The maximum absolute atomic E-state index is 13.4. The number of halogens is 1. The van der Waals surface area contributed by atoms with E-state index in [1.807, 2.05) is 66.7 Å². The molecule has 1 amide bonds. The van der Waals surface area contributed by atoms with Crippen molar-refractivity contribution in [3.8, 4) is 16.1 Å². The lowest BCUT2D eigenvalue weighted by Crippen LogP contribution is -2.33. The van der Waals surface area contributed by atoms with Crippen LogP contribution >= 0.6 is 22.9 Å². The number of aromatic nitrogens is 2. The Bertz CT molecular complexity index is 1670. The Labute approximate surface area is 223 Å². The zero-order valence-corrected chi connectivity index (χ0v) is 21.7. The molecule has 0 saturated carbocycles. The second kappa shape index (κ2) is 10.1. The lowest BCUT2D eigenvalue weighted by molar-refractivity contribution is 0.0950. The second-order valence-electron chi connectivity index (χ2n) is 9.30. The van der Waals surface area contributed by atoms with E-state index in [-0.39, 0.29) is 11.5 Å². The molecule has 0 aliphatic carbocycles. The van der Waals surface area contributed by atoms with Crippen LogP contribution in [-0.2, 0) is 0 Å². The highest BCUT2D eigenvalue weighted by Gasteiger charge is 2.14. The molecule has 0 atom stereocenters. The number of amides is 1. The van der Waals surface area contributed by atoms with Gasteiger partial charge in [0.05, 0.1) is 11.2 Å². The third-order valence-corrected chi connectivity index (χ3v) is 8.26. The zero-order valence-electron chi connectivity index (χ0n) is 20.1. The molecule has 1 saturated heterocycles. The summed E-state index contributed by atoms with van der Waals surface area (Å²) in [6, 6.07) is 20.9. The number of hydrogen-bond donors (Lipinski definition) is 1. The number of thiophene rings is 1. The Hall–Kier alpha value is -3.52. The second-order valence-corrected chi connectivity index (χ2v) is 10.8. The van der Waals surface area contributed by atoms with Gasteiger partial charge in [-0.3, -0.25) is 14.2 Å². The van der Waals surface area contributed by atoms with E-state index in [1.54, 1.807) is 10.9 Å². The monoisotopic (exact) mass is 528 g/mol. The van der Waals surface area contributed by atoms with Gasteiger partial charge in [-0.2, -0.15) is 0 Å². The standard InChI is InChI=1S/C29H25ClN4O2S/c30-23-8-5-19(6-9-23)26-17-25-27(37-26)29(36)34(18-32-25)24-10-7-20-15-22(4-3-21(20)16-24)28(35)31-11-14-33-12-1-2-13-33/h3-10,15-18H,1-2,11-14H2,(H,31,35). The normalized spacial score (nSPS) is 14.0. The first-order valence-electron chi connectivity index (χ1n) is 12.4. The first-order chi connectivity index (χ1) is 18.0. The molecule has 1 N–H and O–H groups in total. The van der Waals surface area contributed by atoms with Crippen LogP contribution in [0.2, 0.25) is 5.02 Å². The van der Waals surface area contributed by atoms with Crippen molar-refractivity contribution in [2.75, 3.05) is 26.2 Å². The lowest BCUT2D eigenvalue weighted by Gasteiger charge is -2.14. The van der Waals surface area contributed by atoms with Crippen molar-refractivity contribution >= 4 is 49.8 Å². The molecular weight excluding hydrogens is 504 g/mol. The Morgan fingerprint density at radius 3 is 2.54 bits per heavy atom. The third-order valence-electron chi connectivity index (χ3n) is 6.84. The number of benzene rings is 3. The molecule has 3 heterocycles. The van der Waals surface area contributed by atoms with Crippen LogP contribution in [0.1, 0.15) is 23.2 Å². The fourth-order valence-corrected chi connectivity index (χ4v) is 5.98. The van der Waals surface area contributed by atoms with E-state index in [0.29, 0.717) is 27.3 Å². The summed E-state index contributed by atoms with van der Waals surface area (Å²) < 4.78 is 2.18. The summed E-state index contributed by atoms with van der Waals surface area (Å²) in [5.74, 6) is -0.0646. The highest BCUT2D eigenvalue weighted by atomic mass is 35.5. The van der Waals surface area contributed by atoms with Crippen LogP contribution in [0.4, 0.5) is 0 Å². The molecule has 6 nitrogen and oxygen atoms in total. The number of nitrogens with one attached hydrogen (secondary N) is 1. The van der Waals surface area contributed by atoms with Gasteiger partial charge in [0.15, 0.2) is 0 Å². The highest BCUT2D eigenvalue weighted by Crippen LogP contribution is 2.31. The quantitative estimate of drug-likeness (QED) is 0.305. The van der Waals surface area contributed by atoms with Crippen molar-refractivity contribution in [1.29, 1.82) is 0 Å². The van der Waals surface area contributed by atoms with Crippen LogP contribution in [0.3, 0.4) is 0 Å². The number of hydrogen-bond acceptors (Lipinski definition) is 5. The Balaban J connectivity index is 1.24. The molecule has 0 unspecified atom stereocenters. The minimum absolute atomic E-state index is 0.0646. The first kappa shape index (κ1) is 23.9. The van der Waals surface area contributed by atoms with Crippen molar-refractivity contribution in [2.45, 2.75) is 12.8 Å². The average Bonchev–Trinajstić information content (AvgIpc) is 3.59. The van der Waals surface area contributed by atoms with E-state index in [1.165, 1.54) is 24.2 Å². The summed E-state index contributed by atoms with van der Waals surface area (Å²) in [6.45, 7) is 3.78. The molecule has 6 rings (SSSR count). The van der Waals surface area contributed by atoms with E-state index >= 15 is 0 Å². The van der Waals surface area contributed by atoms with Crippen molar-refractivity contribution < 1.29 is 4.79 Å². The van der Waals surface area contributed by atoms with Crippen LogP contribution in [-0.4, -0.2) is 46.5 Å². The van der Waals surface area contributed by atoms with Crippen molar-refractivity contribution in [3.05, 3.63) is 94.0 Å². The Kier molecular flexibility index (Phi) is 6.50. The van der Waals surface area contributed by atoms with Gasteiger partial charge in [-0.25, -0.2) is 4.98 Å². The minimum atomic E-state index is -0.108.